The predicted molar refractivity (Wildman–Crippen MR) is 143 cm³/mol. The van der Waals surface area contributed by atoms with Crippen molar-refractivity contribution >= 4 is 28.6 Å². The van der Waals surface area contributed by atoms with E-state index in [0.29, 0.717) is 23.5 Å². The minimum atomic E-state index is -0.217. The second kappa shape index (κ2) is 9.95. The molecule has 0 radical (unpaired) electrons. The van der Waals surface area contributed by atoms with Crippen LogP contribution in [-0.4, -0.2) is 20.9 Å². The van der Waals surface area contributed by atoms with Crippen LogP contribution in [0.3, 0.4) is 0 Å². The van der Waals surface area contributed by atoms with E-state index in [0.717, 1.165) is 28.1 Å². The number of nitrogen functional groups attached to an aromatic ring is 1. The van der Waals surface area contributed by atoms with E-state index in [9.17, 15) is 4.79 Å². The lowest BCUT2D eigenvalue weighted by Crippen LogP contribution is -2.13. The average Bonchev–Trinajstić information content (AvgIpc) is 3.59. The van der Waals surface area contributed by atoms with Gasteiger partial charge in [-0.25, -0.2) is 4.68 Å². The van der Waals surface area contributed by atoms with Crippen LogP contribution in [0.2, 0.25) is 0 Å². The van der Waals surface area contributed by atoms with Crippen LogP contribution in [0.4, 0.5) is 11.4 Å². The molecule has 0 aliphatic rings. The lowest BCUT2D eigenvalue weighted by atomic mass is 10.1. The third-order valence-corrected chi connectivity index (χ3v) is 6.78. The molecule has 5 aromatic rings. The summed E-state index contributed by atoms with van der Waals surface area (Å²) in [6, 6.07) is 25.6. The molecule has 1 amide bonds. The van der Waals surface area contributed by atoms with Crippen molar-refractivity contribution in [1.82, 2.24) is 15.0 Å². The molecule has 0 saturated carbocycles. The van der Waals surface area contributed by atoms with E-state index in [2.05, 4.69) is 46.8 Å². The molecule has 0 atom stereocenters. The fourth-order valence-electron chi connectivity index (χ4n) is 3.82. The van der Waals surface area contributed by atoms with Crippen LogP contribution in [0.1, 0.15) is 28.4 Å². The SMILES string of the molecule is CCc1ccc(Cn2cc(-c3ccc(C(=O)Nc4cc(-c5cccs5)ccc4N)cc3)nn2)cc1. The molecule has 0 spiro atoms. The number of hydrogen-bond acceptors (Lipinski definition) is 5. The Morgan fingerprint density at radius 2 is 1.71 bits per heavy atom. The van der Waals surface area contributed by atoms with Gasteiger partial charge in [0.1, 0.15) is 5.69 Å². The van der Waals surface area contributed by atoms with Crippen LogP contribution in [-0.2, 0) is 13.0 Å². The lowest BCUT2D eigenvalue weighted by molar-refractivity contribution is 0.102. The van der Waals surface area contributed by atoms with Gasteiger partial charge in [-0.1, -0.05) is 60.7 Å². The Hall–Kier alpha value is -4.23. The summed E-state index contributed by atoms with van der Waals surface area (Å²) < 4.78 is 1.82. The summed E-state index contributed by atoms with van der Waals surface area (Å²) in [5.74, 6) is -0.217. The van der Waals surface area contributed by atoms with E-state index in [1.54, 1.807) is 23.5 Å². The smallest absolute Gasteiger partial charge is 0.255 e. The van der Waals surface area contributed by atoms with Gasteiger partial charge in [-0.3, -0.25) is 4.79 Å². The zero-order chi connectivity index (χ0) is 24.2. The van der Waals surface area contributed by atoms with Gasteiger partial charge in [-0.05, 0) is 58.8 Å². The van der Waals surface area contributed by atoms with Crippen LogP contribution in [0.15, 0.2) is 90.4 Å². The number of benzene rings is 3. The van der Waals surface area contributed by atoms with Crippen molar-refractivity contribution in [1.29, 1.82) is 0 Å². The Kier molecular flexibility index (Phi) is 6.41. The summed E-state index contributed by atoms with van der Waals surface area (Å²) in [5, 5.41) is 13.5. The largest absolute Gasteiger partial charge is 0.397 e. The highest BCUT2D eigenvalue weighted by Crippen LogP contribution is 2.30. The summed E-state index contributed by atoms with van der Waals surface area (Å²) in [6.07, 6.45) is 2.94. The van der Waals surface area contributed by atoms with Crippen molar-refractivity contribution in [3.63, 3.8) is 0 Å². The molecule has 0 fully saturated rings. The quantitative estimate of drug-likeness (QED) is 0.275. The third-order valence-electron chi connectivity index (χ3n) is 5.86. The third kappa shape index (κ3) is 5.15. The molecule has 0 aliphatic carbocycles. The molecule has 2 heterocycles. The molecule has 5 rings (SSSR count). The number of aryl methyl sites for hydroxylation is 1. The van der Waals surface area contributed by atoms with Gasteiger partial charge in [0.05, 0.1) is 24.1 Å². The van der Waals surface area contributed by atoms with E-state index >= 15 is 0 Å². The molecule has 0 saturated heterocycles. The first-order chi connectivity index (χ1) is 17.1. The maximum absolute atomic E-state index is 12.9. The maximum Gasteiger partial charge on any atom is 0.255 e. The minimum Gasteiger partial charge on any atom is -0.397 e. The van der Waals surface area contributed by atoms with Crippen molar-refractivity contribution in [2.45, 2.75) is 19.9 Å². The minimum absolute atomic E-state index is 0.217. The number of nitrogens with one attached hydrogen (secondary N) is 1. The monoisotopic (exact) mass is 479 g/mol. The first kappa shape index (κ1) is 22.6. The van der Waals surface area contributed by atoms with E-state index in [1.165, 1.54) is 11.1 Å². The van der Waals surface area contributed by atoms with Gasteiger partial charge in [0.15, 0.2) is 0 Å². The number of aromatic nitrogens is 3. The molecule has 0 aliphatic heterocycles. The molecule has 0 bridgehead atoms. The number of amides is 1. The number of hydrogen-bond donors (Lipinski definition) is 2. The highest BCUT2D eigenvalue weighted by molar-refractivity contribution is 7.13. The van der Waals surface area contributed by atoms with Crippen LogP contribution < -0.4 is 11.1 Å². The molecular formula is C28H25N5OS. The Bertz CT molecular complexity index is 1440. The van der Waals surface area contributed by atoms with E-state index in [4.69, 9.17) is 5.73 Å². The van der Waals surface area contributed by atoms with Gasteiger partial charge in [-0.2, -0.15) is 0 Å². The van der Waals surface area contributed by atoms with Crippen molar-refractivity contribution in [3.05, 3.63) is 107 Å². The van der Waals surface area contributed by atoms with Crippen molar-refractivity contribution in [2.75, 3.05) is 11.1 Å². The number of nitrogens with two attached hydrogens (primary N) is 1. The molecular weight excluding hydrogens is 454 g/mol. The number of nitrogens with zero attached hydrogens (tertiary/aromatic N) is 3. The maximum atomic E-state index is 12.9. The van der Waals surface area contributed by atoms with E-state index in [-0.39, 0.29) is 5.91 Å². The first-order valence-electron chi connectivity index (χ1n) is 11.4. The summed E-state index contributed by atoms with van der Waals surface area (Å²) >= 11 is 1.64. The second-order valence-corrected chi connectivity index (χ2v) is 9.23. The Balaban J connectivity index is 1.27. The molecule has 7 heteroatoms. The van der Waals surface area contributed by atoms with Gasteiger partial charge in [0.25, 0.3) is 5.91 Å². The molecule has 2 aromatic heterocycles. The Morgan fingerprint density at radius 1 is 0.971 bits per heavy atom. The molecule has 6 nitrogen and oxygen atoms in total. The predicted octanol–water partition coefficient (Wildman–Crippen LogP) is 6.12. The van der Waals surface area contributed by atoms with Gasteiger partial charge >= 0.3 is 0 Å². The summed E-state index contributed by atoms with van der Waals surface area (Å²) in [6.45, 7) is 2.80. The molecule has 3 aromatic carbocycles. The first-order valence-corrected chi connectivity index (χ1v) is 12.3. The van der Waals surface area contributed by atoms with Crippen molar-refractivity contribution in [2.24, 2.45) is 0 Å². The standard InChI is InChI=1S/C28H25N5OS/c1-2-19-5-7-20(8-6-19)17-33-18-26(31-32-33)21-9-11-22(12-10-21)28(34)30-25-16-23(13-14-24(25)29)27-4-3-15-35-27/h3-16,18H,2,17,29H2,1H3,(H,30,34). The highest BCUT2D eigenvalue weighted by Gasteiger charge is 2.11. The molecule has 0 unspecified atom stereocenters. The van der Waals surface area contributed by atoms with Gasteiger partial charge in [0, 0.05) is 16.0 Å². The average molecular weight is 480 g/mol. The lowest BCUT2D eigenvalue weighted by Gasteiger charge is -2.10. The molecule has 35 heavy (non-hydrogen) atoms. The number of thiophene rings is 1. The molecule has 174 valence electrons. The van der Waals surface area contributed by atoms with Crippen molar-refractivity contribution in [3.8, 4) is 21.7 Å². The van der Waals surface area contributed by atoms with Gasteiger partial charge < -0.3 is 11.1 Å². The zero-order valence-corrected chi connectivity index (χ0v) is 20.1. The van der Waals surface area contributed by atoms with Crippen LogP contribution in [0, 0.1) is 0 Å². The number of carbonyl (C=O) groups excluding carboxylic acids is 1. The highest BCUT2D eigenvalue weighted by atomic mass is 32.1. The van der Waals surface area contributed by atoms with Crippen molar-refractivity contribution < 1.29 is 4.79 Å². The topological polar surface area (TPSA) is 85.8 Å². The summed E-state index contributed by atoms with van der Waals surface area (Å²) in [4.78, 5) is 14.0. The van der Waals surface area contributed by atoms with Crippen LogP contribution in [0.25, 0.3) is 21.7 Å². The zero-order valence-electron chi connectivity index (χ0n) is 19.3. The fraction of sp³-hybridized carbons (Fsp3) is 0.107. The number of anilines is 2. The number of carbonyl (C=O) groups is 1. The summed E-state index contributed by atoms with van der Waals surface area (Å²) in [5.41, 5.74) is 12.9. The second-order valence-electron chi connectivity index (χ2n) is 8.28. The van der Waals surface area contributed by atoms with E-state index < -0.39 is 0 Å². The normalized spacial score (nSPS) is 10.9. The van der Waals surface area contributed by atoms with E-state index in [1.807, 2.05) is 58.7 Å². The number of rotatable bonds is 7. The Morgan fingerprint density at radius 3 is 2.43 bits per heavy atom. The van der Waals surface area contributed by atoms with Gasteiger partial charge in [-0.15, -0.1) is 16.4 Å². The van der Waals surface area contributed by atoms with Crippen LogP contribution in [0.5, 0.6) is 0 Å². The fourth-order valence-corrected chi connectivity index (χ4v) is 4.55. The molecule has 3 N–H and O–H groups in total. The summed E-state index contributed by atoms with van der Waals surface area (Å²) in [7, 11) is 0. The van der Waals surface area contributed by atoms with Crippen LogP contribution >= 0.6 is 11.3 Å². The Labute approximate surface area is 208 Å². The van der Waals surface area contributed by atoms with Gasteiger partial charge in [0.2, 0.25) is 0 Å².